The van der Waals surface area contributed by atoms with E-state index in [4.69, 9.17) is 5.73 Å². The number of nitrogens with two attached hydrogens (primary N) is 1. The zero-order valence-corrected chi connectivity index (χ0v) is 15.4. The smallest absolute Gasteiger partial charge is 0.251 e. The molecule has 0 saturated heterocycles. The number of benzene rings is 2. The molecule has 3 N–H and O–H groups in total. The molecule has 2 amide bonds. The maximum Gasteiger partial charge on any atom is 0.251 e. The van der Waals surface area contributed by atoms with Gasteiger partial charge in [-0.15, -0.1) is 0 Å². The molecule has 142 valence electrons. The summed E-state index contributed by atoms with van der Waals surface area (Å²) in [7, 11) is 0. The molecule has 0 atom stereocenters. The number of rotatable bonds is 5. The maximum absolute atomic E-state index is 13.5. The molecule has 0 aliphatic carbocycles. The van der Waals surface area contributed by atoms with E-state index in [1.54, 1.807) is 6.08 Å². The van der Waals surface area contributed by atoms with Crippen molar-refractivity contribution >= 4 is 23.6 Å². The summed E-state index contributed by atoms with van der Waals surface area (Å²) in [5, 5.41) is 7.11. The fraction of sp³-hybridized carbons (Fsp3) is 0.0952. The van der Waals surface area contributed by atoms with E-state index < -0.39 is 17.6 Å². The van der Waals surface area contributed by atoms with Gasteiger partial charge in [-0.2, -0.15) is 5.10 Å². The zero-order chi connectivity index (χ0) is 20.3. The van der Waals surface area contributed by atoms with Gasteiger partial charge in [-0.25, -0.2) is 9.07 Å². The van der Waals surface area contributed by atoms with E-state index in [2.05, 4.69) is 10.4 Å². The van der Waals surface area contributed by atoms with Gasteiger partial charge in [-0.3, -0.25) is 9.59 Å². The number of halogens is 1. The molecule has 0 saturated carbocycles. The third kappa shape index (κ3) is 3.98. The van der Waals surface area contributed by atoms with Crippen molar-refractivity contribution in [2.45, 2.75) is 13.8 Å². The highest BCUT2D eigenvalue weighted by molar-refractivity contribution is 6.03. The lowest BCUT2D eigenvalue weighted by Gasteiger charge is -2.05. The highest BCUT2D eigenvalue weighted by atomic mass is 19.1. The molecular formula is C21H19FN4O2. The fourth-order valence-electron chi connectivity index (χ4n) is 2.85. The van der Waals surface area contributed by atoms with Crippen LogP contribution < -0.4 is 11.1 Å². The molecule has 7 heteroatoms. The maximum atomic E-state index is 13.5. The van der Waals surface area contributed by atoms with Crippen LogP contribution in [0.1, 0.15) is 27.3 Å². The minimum atomic E-state index is -0.899. The molecular weight excluding hydrogens is 359 g/mol. The van der Waals surface area contributed by atoms with Crippen LogP contribution in [-0.2, 0) is 4.79 Å². The summed E-state index contributed by atoms with van der Waals surface area (Å²) in [4.78, 5) is 23.4. The number of amides is 2. The number of para-hydroxylation sites is 1. The molecule has 3 rings (SSSR count). The lowest BCUT2D eigenvalue weighted by Crippen LogP contribution is -2.14. The number of hydrogen-bond donors (Lipinski definition) is 2. The number of carbonyl (C=O) groups excluding carboxylic acids is 2. The van der Waals surface area contributed by atoms with Gasteiger partial charge in [0.15, 0.2) is 0 Å². The number of aryl methyl sites for hydroxylation is 1. The quantitative estimate of drug-likeness (QED) is 0.667. The van der Waals surface area contributed by atoms with Gasteiger partial charge in [-0.05, 0) is 50.3 Å². The van der Waals surface area contributed by atoms with E-state index in [0.717, 1.165) is 28.7 Å². The van der Waals surface area contributed by atoms with Crippen LogP contribution >= 0.6 is 0 Å². The molecule has 0 fully saturated rings. The molecule has 3 aromatic rings. The van der Waals surface area contributed by atoms with Crippen LogP contribution in [0.5, 0.6) is 0 Å². The van der Waals surface area contributed by atoms with Crippen molar-refractivity contribution in [1.82, 2.24) is 9.78 Å². The number of anilines is 1. The Morgan fingerprint density at radius 1 is 1.14 bits per heavy atom. The lowest BCUT2D eigenvalue weighted by atomic mass is 10.1. The topological polar surface area (TPSA) is 90.0 Å². The van der Waals surface area contributed by atoms with Crippen molar-refractivity contribution in [3.63, 3.8) is 0 Å². The molecule has 0 aliphatic heterocycles. The van der Waals surface area contributed by atoms with Gasteiger partial charge in [0.1, 0.15) is 5.82 Å². The van der Waals surface area contributed by atoms with E-state index in [1.165, 1.54) is 18.2 Å². The van der Waals surface area contributed by atoms with Crippen LogP contribution in [0.4, 0.5) is 10.1 Å². The molecule has 1 heterocycles. The lowest BCUT2D eigenvalue weighted by molar-refractivity contribution is -0.111. The van der Waals surface area contributed by atoms with E-state index in [0.29, 0.717) is 0 Å². The zero-order valence-electron chi connectivity index (χ0n) is 15.4. The molecule has 1 aromatic heterocycles. The van der Waals surface area contributed by atoms with E-state index >= 15 is 0 Å². The Morgan fingerprint density at radius 3 is 2.54 bits per heavy atom. The standard InChI is InChI=1S/C21H19FN4O2/c1-13-17(14(2)26(25-13)16-6-4-3-5-7-16)9-11-20(27)24-15-8-10-19(22)18(12-15)21(23)28/h3-12H,1-2H3,(H2,23,28)(H,24,27)/b11-9+. The minimum absolute atomic E-state index is 0.276. The van der Waals surface area contributed by atoms with Crippen LogP contribution in [0.25, 0.3) is 11.8 Å². The normalized spacial score (nSPS) is 11.0. The van der Waals surface area contributed by atoms with Gasteiger partial charge < -0.3 is 11.1 Å². The molecule has 2 aromatic carbocycles. The Morgan fingerprint density at radius 2 is 1.86 bits per heavy atom. The number of primary amides is 1. The second kappa shape index (κ2) is 7.87. The summed E-state index contributed by atoms with van der Waals surface area (Å²) in [6.45, 7) is 3.78. The van der Waals surface area contributed by atoms with Crippen LogP contribution in [0, 0.1) is 19.7 Å². The highest BCUT2D eigenvalue weighted by Crippen LogP contribution is 2.19. The Labute approximate surface area is 161 Å². The van der Waals surface area contributed by atoms with Crippen molar-refractivity contribution in [3.8, 4) is 5.69 Å². The minimum Gasteiger partial charge on any atom is -0.366 e. The number of nitrogens with one attached hydrogen (secondary N) is 1. The summed E-state index contributed by atoms with van der Waals surface area (Å²) >= 11 is 0. The molecule has 0 aliphatic rings. The molecule has 0 bridgehead atoms. The first-order valence-corrected chi connectivity index (χ1v) is 8.57. The van der Waals surface area contributed by atoms with Crippen LogP contribution in [-0.4, -0.2) is 21.6 Å². The van der Waals surface area contributed by atoms with Gasteiger partial charge >= 0.3 is 0 Å². The van der Waals surface area contributed by atoms with Gasteiger partial charge in [0.05, 0.1) is 16.9 Å². The molecule has 0 unspecified atom stereocenters. The first-order valence-electron chi connectivity index (χ1n) is 8.57. The van der Waals surface area contributed by atoms with Crippen LogP contribution in [0.3, 0.4) is 0 Å². The van der Waals surface area contributed by atoms with Gasteiger partial charge in [-0.1, -0.05) is 18.2 Å². The predicted octanol–water partition coefficient (Wildman–Crippen LogP) is 3.38. The largest absolute Gasteiger partial charge is 0.366 e. The van der Waals surface area contributed by atoms with E-state index in [-0.39, 0.29) is 11.3 Å². The van der Waals surface area contributed by atoms with Gasteiger partial charge in [0, 0.05) is 23.0 Å². The second-order valence-corrected chi connectivity index (χ2v) is 6.21. The summed E-state index contributed by atoms with van der Waals surface area (Å²) < 4.78 is 15.3. The highest BCUT2D eigenvalue weighted by Gasteiger charge is 2.12. The third-order valence-electron chi connectivity index (χ3n) is 4.25. The van der Waals surface area contributed by atoms with Crippen molar-refractivity contribution in [2.24, 2.45) is 5.73 Å². The van der Waals surface area contributed by atoms with Crippen LogP contribution in [0.2, 0.25) is 0 Å². The van der Waals surface area contributed by atoms with E-state index in [1.807, 2.05) is 48.9 Å². The Kier molecular flexibility index (Phi) is 5.35. The Hall–Kier alpha value is -3.74. The predicted molar refractivity (Wildman–Crippen MR) is 106 cm³/mol. The van der Waals surface area contributed by atoms with Crippen molar-refractivity contribution in [1.29, 1.82) is 0 Å². The Bertz CT molecular complexity index is 1070. The van der Waals surface area contributed by atoms with Crippen molar-refractivity contribution in [3.05, 3.63) is 82.9 Å². The Balaban J connectivity index is 1.79. The number of nitrogens with zero attached hydrogens (tertiary/aromatic N) is 2. The summed E-state index contributed by atoms with van der Waals surface area (Å²) in [6.07, 6.45) is 3.03. The molecule has 0 radical (unpaired) electrons. The fourth-order valence-corrected chi connectivity index (χ4v) is 2.85. The summed E-state index contributed by atoms with van der Waals surface area (Å²) in [5.74, 6) is -2.06. The first kappa shape index (κ1) is 19.0. The van der Waals surface area contributed by atoms with Crippen molar-refractivity contribution < 1.29 is 14.0 Å². The van der Waals surface area contributed by atoms with Gasteiger partial charge in [0.2, 0.25) is 5.91 Å². The van der Waals surface area contributed by atoms with Crippen molar-refractivity contribution in [2.75, 3.05) is 5.32 Å². The summed E-state index contributed by atoms with van der Waals surface area (Å²) in [6, 6.07) is 13.3. The first-order chi connectivity index (χ1) is 13.4. The number of carbonyl (C=O) groups is 2. The number of hydrogen-bond acceptors (Lipinski definition) is 3. The summed E-state index contributed by atoms with van der Waals surface area (Å²) in [5.41, 5.74) is 8.55. The van der Waals surface area contributed by atoms with E-state index in [9.17, 15) is 14.0 Å². The average molecular weight is 378 g/mol. The molecule has 28 heavy (non-hydrogen) atoms. The van der Waals surface area contributed by atoms with Gasteiger partial charge in [0.25, 0.3) is 5.91 Å². The molecule has 6 nitrogen and oxygen atoms in total. The molecule has 0 spiro atoms. The SMILES string of the molecule is Cc1nn(-c2ccccc2)c(C)c1/C=C/C(=O)Nc1ccc(F)c(C(N)=O)c1. The number of aromatic nitrogens is 2. The monoisotopic (exact) mass is 378 g/mol. The average Bonchev–Trinajstić information content (AvgIpc) is 2.96. The second-order valence-electron chi connectivity index (χ2n) is 6.21. The third-order valence-corrected chi connectivity index (χ3v) is 4.25. The van der Waals surface area contributed by atoms with Crippen LogP contribution in [0.15, 0.2) is 54.6 Å².